The fourth-order valence-electron chi connectivity index (χ4n) is 3.48. The maximum absolute atomic E-state index is 12.9. The van der Waals surface area contributed by atoms with E-state index < -0.39 is 0 Å². The highest BCUT2D eigenvalue weighted by Crippen LogP contribution is 2.23. The van der Waals surface area contributed by atoms with Crippen LogP contribution in [-0.2, 0) is 11.3 Å². The van der Waals surface area contributed by atoms with Crippen molar-refractivity contribution in [1.82, 2.24) is 4.57 Å². The second-order valence-electron chi connectivity index (χ2n) is 7.46. The van der Waals surface area contributed by atoms with Crippen molar-refractivity contribution < 1.29 is 14.3 Å². The summed E-state index contributed by atoms with van der Waals surface area (Å²) in [4.78, 5) is 18.1. The second-order valence-corrected chi connectivity index (χ2v) is 8.47. The number of carbonyl (C=O) groups excluding carboxylic acids is 1. The van der Waals surface area contributed by atoms with Crippen LogP contribution in [0.3, 0.4) is 0 Å². The number of aromatic nitrogens is 1. The van der Waals surface area contributed by atoms with E-state index in [1.54, 1.807) is 19.2 Å². The van der Waals surface area contributed by atoms with Crippen molar-refractivity contribution in [2.24, 2.45) is 4.99 Å². The maximum Gasteiger partial charge on any atom is 0.279 e. The Hall–Kier alpha value is -2.44. The molecular weight excluding hydrogens is 396 g/mol. The average Bonchev–Trinajstić information content (AvgIpc) is 3.06. The highest BCUT2D eigenvalue weighted by Gasteiger charge is 2.12. The summed E-state index contributed by atoms with van der Waals surface area (Å²) in [6.45, 7) is 8.20. The molecule has 0 saturated carbocycles. The van der Waals surface area contributed by atoms with Gasteiger partial charge in [-0.05, 0) is 55.7 Å². The van der Waals surface area contributed by atoms with Gasteiger partial charge in [0.05, 0.1) is 23.4 Å². The third-order valence-electron chi connectivity index (χ3n) is 4.93. The molecule has 1 heterocycles. The van der Waals surface area contributed by atoms with E-state index in [4.69, 9.17) is 9.47 Å². The Labute approximate surface area is 182 Å². The number of fused-ring (bicyclic) bond motifs is 1. The minimum absolute atomic E-state index is 0.263. The number of unbranched alkanes of at least 4 members (excludes halogenated alkanes) is 2. The topological polar surface area (TPSA) is 52.8 Å². The zero-order valence-electron chi connectivity index (χ0n) is 18.2. The normalized spacial score (nSPS) is 11.9. The molecule has 0 aliphatic rings. The van der Waals surface area contributed by atoms with Crippen molar-refractivity contribution in [1.29, 1.82) is 0 Å². The average molecular weight is 427 g/mol. The summed E-state index contributed by atoms with van der Waals surface area (Å²) >= 11 is 1.54. The standard InChI is InChI=1S/C24H30N2O3S/c1-5-6-7-12-29-20-10-8-9-19(16-20)23(27)25-24-26(11-13-28-4)22-18(3)14-17(2)15-21(22)30-24/h8-10,14-16H,5-7,11-13H2,1-4H3. The van der Waals surface area contributed by atoms with Crippen molar-refractivity contribution >= 4 is 27.5 Å². The summed E-state index contributed by atoms with van der Waals surface area (Å²) < 4.78 is 14.3. The number of aryl methyl sites for hydroxylation is 2. The van der Waals surface area contributed by atoms with Crippen molar-refractivity contribution in [2.45, 2.75) is 46.6 Å². The molecule has 1 aromatic heterocycles. The molecular formula is C24H30N2O3S. The van der Waals surface area contributed by atoms with E-state index >= 15 is 0 Å². The summed E-state index contributed by atoms with van der Waals surface area (Å²) in [6, 6.07) is 11.6. The predicted octanol–water partition coefficient (Wildman–Crippen LogP) is 5.28. The van der Waals surface area contributed by atoms with Gasteiger partial charge < -0.3 is 14.0 Å². The van der Waals surface area contributed by atoms with E-state index in [1.807, 2.05) is 12.1 Å². The Kier molecular flexibility index (Phi) is 7.82. The van der Waals surface area contributed by atoms with Crippen LogP contribution in [0.1, 0.15) is 47.7 Å². The van der Waals surface area contributed by atoms with Crippen LogP contribution >= 0.6 is 11.3 Å². The van der Waals surface area contributed by atoms with Gasteiger partial charge in [-0.2, -0.15) is 4.99 Å². The molecule has 30 heavy (non-hydrogen) atoms. The zero-order valence-corrected chi connectivity index (χ0v) is 19.1. The first kappa shape index (κ1) is 22.2. The van der Waals surface area contributed by atoms with Gasteiger partial charge >= 0.3 is 0 Å². The molecule has 0 aliphatic heterocycles. The van der Waals surface area contributed by atoms with Crippen LogP contribution in [0.15, 0.2) is 41.4 Å². The quantitative estimate of drug-likeness (QED) is 0.438. The van der Waals surface area contributed by atoms with Gasteiger partial charge in [0.2, 0.25) is 0 Å². The van der Waals surface area contributed by atoms with Crippen LogP contribution in [-0.4, -0.2) is 30.8 Å². The molecule has 0 bridgehead atoms. The van der Waals surface area contributed by atoms with Crippen molar-refractivity contribution in [3.05, 3.63) is 57.9 Å². The monoisotopic (exact) mass is 426 g/mol. The number of amides is 1. The van der Waals surface area contributed by atoms with Crippen LogP contribution in [0.4, 0.5) is 0 Å². The van der Waals surface area contributed by atoms with Crippen molar-refractivity contribution in [2.75, 3.05) is 20.3 Å². The van der Waals surface area contributed by atoms with Crippen LogP contribution in [0.25, 0.3) is 10.2 Å². The van der Waals surface area contributed by atoms with Crippen LogP contribution in [0.5, 0.6) is 5.75 Å². The number of carbonyl (C=O) groups is 1. The van der Waals surface area contributed by atoms with E-state index in [0.717, 1.165) is 29.5 Å². The summed E-state index contributed by atoms with van der Waals surface area (Å²) in [5.41, 5.74) is 4.02. The van der Waals surface area contributed by atoms with Crippen molar-refractivity contribution in [3.63, 3.8) is 0 Å². The van der Waals surface area contributed by atoms with Gasteiger partial charge in [-0.15, -0.1) is 0 Å². The molecule has 0 saturated heterocycles. The number of rotatable bonds is 9. The zero-order chi connectivity index (χ0) is 21.5. The molecule has 0 aliphatic carbocycles. The molecule has 0 fully saturated rings. The molecule has 1 amide bonds. The number of ether oxygens (including phenoxy) is 2. The van der Waals surface area contributed by atoms with Crippen LogP contribution < -0.4 is 9.54 Å². The molecule has 0 N–H and O–H groups in total. The number of hydrogen-bond acceptors (Lipinski definition) is 4. The van der Waals surface area contributed by atoms with E-state index in [2.05, 4.69) is 42.5 Å². The van der Waals surface area contributed by atoms with E-state index in [9.17, 15) is 4.79 Å². The van der Waals surface area contributed by atoms with Gasteiger partial charge in [0, 0.05) is 19.2 Å². The fourth-order valence-corrected chi connectivity index (χ4v) is 4.71. The van der Waals surface area contributed by atoms with Gasteiger partial charge in [-0.25, -0.2) is 0 Å². The smallest absolute Gasteiger partial charge is 0.279 e. The first-order valence-electron chi connectivity index (χ1n) is 10.4. The summed E-state index contributed by atoms with van der Waals surface area (Å²) in [7, 11) is 1.68. The molecule has 5 nitrogen and oxygen atoms in total. The highest BCUT2D eigenvalue weighted by molar-refractivity contribution is 7.16. The predicted molar refractivity (Wildman–Crippen MR) is 123 cm³/mol. The number of nitrogens with zero attached hydrogens (tertiary/aromatic N) is 2. The van der Waals surface area contributed by atoms with E-state index in [0.29, 0.717) is 35.9 Å². The lowest BCUT2D eigenvalue weighted by molar-refractivity contribution is 0.0997. The molecule has 2 aromatic carbocycles. The number of thiazole rings is 1. The Morgan fingerprint density at radius 1 is 1.13 bits per heavy atom. The number of methoxy groups -OCH3 is 1. The lowest BCUT2D eigenvalue weighted by Crippen LogP contribution is -2.19. The molecule has 6 heteroatoms. The summed E-state index contributed by atoms with van der Waals surface area (Å²) in [5.74, 6) is 0.448. The minimum Gasteiger partial charge on any atom is -0.494 e. The van der Waals surface area contributed by atoms with Crippen molar-refractivity contribution in [3.8, 4) is 5.75 Å². The van der Waals surface area contributed by atoms with Gasteiger partial charge in [-0.3, -0.25) is 4.79 Å². The number of hydrogen-bond donors (Lipinski definition) is 0. The maximum atomic E-state index is 12.9. The molecule has 0 radical (unpaired) electrons. The third kappa shape index (κ3) is 5.37. The van der Waals surface area contributed by atoms with Gasteiger partial charge in [-0.1, -0.05) is 43.2 Å². The summed E-state index contributed by atoms with van der Waals surface area (Å²) in [6.07, 6.45) is 3.30. The minimum atomic E-state index is -0.263. The molecule has 0 atom stereocenters. The van der Waals surface area contributed by atoms with E-state index in [-0.39, 0.29) is 5.91 Å². The van der Waals surface area contributed by atoms with Crippen LogP contribution in [0.2, 0.25) is 0 Å². The molecule has 0 spiro atoms. The Morgan fingerprint density at radius 3 is 2.73 bits per heavy atom. The van der Waals surface area contributed by atoms with Gasteiger partial charge in [0.1, 0.15) is 5.75 Å². The second kappa shape index (κ2) is 10.5. The molecule has 3 rings (SSSR count). The summed E-state index contributed by atoms with van der Waals surface area (Å²) in [5, 5.41) is 0. The lowest BCUT2D eigenvalue weighted by atomic mass is 10.1. The van der Waals surface area contributed by atoms with E-state index in [1.165, 1.54) is 22.5 Å². The Morgan fingerprint density at radius 2 is 1.97 bits per heavy atom. The third-order valence-corrected chi connectivity index (χ3v) is 5.95. The fraction of sp³-hybridized carbons (Fsp3) is 0.417. The first-order valence-corrected chi connectivity index (χ1v) is 11.3. The molecule has 0 unspecified atom stereocenters. The number of benzene rings is 2. The highest BCUT2D eigenvalue weighted by atomic mass is 32.1. The largest absolute Gasteiger partial charge is 0.494 e. The van der Waals surface area contributed by atoms with Gasteiger partial charge in [0.25, 0.3) is 5.91 Å². The molecule has 3 aromatic rings. The first-order chi connectivity index (χ1) is 14.5. The SMILES string of the molecule is CCCCCOc1cccc(C(=O)N=c2sc3cc(C)cc(C)c3n2CCOC)c1. The Balaban J connectivity index is 1.94. The van der Waals surface area contributed by atoms with Gasteiger partial charge in [0.15, 0.2) is 4.80 Å². The van der Waals surface area contributed by atoms with Crippen LogP contribution in [0, 0.1) is 13.8 Å². The molecule has 160 valence electrons. The Bertz CT molecular complexity index is 1080. The lowest BCUT2D eigenvalue weighted by Gasteiger charge is -2.08.